The predicted molar refractivity (Wildman–Crippen MR) is 50.7 cm³/mol. The van der Waals surface area contributed by atoms with Crippen molar-refractivity contribution in [2.75, 3.05) is 13.2 Å². The molecule has 0 aromatic carbocycles. The SMILES string of the molecule is C1=CC(COc2cccnc2)NC1. The van der Waals surface area contributed by atoms with Crippen molar-refractivity contribution in [3.63, 3.8) is 0 Å². The minimum absolute atomic E-state index is 0.347. The highest BCUT2D eigenvalue weighted by Gasteiger charge is 2.07. The van der Waals surface area contributed by atoms with Gasteiger partial charge in [0.05, 0.1) is 12.2 Å². The zero-order chi connectivity index (χ0) is 8.93. The summed E-state index contributed by atoms with van der Waals surface area (Å²) in [4.78, 5) is 3.97. The molecular formula is C10H12N2O. The number of aromatic nitrogens is 1. The summed E-state index contributed by atoms with van der Waals surface area (Å²) in [6, 6.07) is 4.12. The van der Waals surface area contributed by atoms with E-state index in [-0.39, 0.29) is 0 Å². The molecule has 0 saturated carbocycles. The molecule has 0 saturated heterocycles. The van der Waals surface area contributed by atoms with Crippen molar-refractivity contribution in [3.8, 4) is 5.75 Å². The molecule has 1 aliphatic heterocycles. The van der Waals surface area contributed by atoms with Gasteiger partial charge in [-0.2, -0.15) is 0 Å². The van der Waals surface area contributed by atoms with Crippen molar-refractivity contribution in [1.82, 2.24) is 10.3 Å². The van der Waals surface area contributed by atoms with Gasteiger partial charge in [-0.15, -0.1) is 0 Å². The van der Waals surface area contributed by atoms with Crippen LogP contribution in [-0.4, -0.2) is 24.2 Å². The van der Waals surface area contributed by atoms with Crippen LogP contribution < -0.4 is 10.1 Å². The molecule has 1 aromatic heterocycles. The lowest BCUT2D eigenvalue weighted by molar-refractivity contribution is 0.292. The molecule has 0 fully saturated rings. The molecule has 68 valence electrons. The Balaban J connectivity index is 1.82. The van der Waals surface area contributed by atoms with Gasteiger partial charge in [0.15, 0.2) is 0 Å². The van der Waals surface area contributed by atoms with E-state index in [0.717, 1.165) is 12.3 Å². The normalized spacial score (nSPS) is 20.5. The topological polar surface area (TPSA) is 34.1 Å². The maximum atomic E-state index is 5.51. The van der Waals surface area contributed by atoms with Gasteiger partial charge in [-0.1, -0.05) is 12.2 Å². The van der Waals surface area contributed by atoms with E-state index in [0.29, 0.717) is 12.6 Å². The van der Waals surface area contributed by atoms with Gasteiger partial charge >= 0.3 is 0 Å². The minimum atomic E-state index is 0.347. The van der Waals surface area contributed by atoms with Gasteiger partial charge in [0.2, 0.25) is 0 Å². The third-order valence-electron chi connectivity index (χ3n) is 1.93. The van der Waals surface area contributed by atoms with Crippen molar-refractivity contribution >= 4 is 0 Å². The summed E-state index contributed by atoms with van der Waals surface area (Å²) in [5.41, 5.74) is 0. The molecule has 1 N–H and O–H groups in total. The zero-order valence-electron chi connectivity index (χ0n) is 7.31. The molecule has 0 spiro atoms. The second kappa shape index (κ2) is 4.05. The first-order chi connectivity index (χ1) is 6.45. The average Bonchev–Trinajstić information content (AvgIpc) is 2.69. The van der Waals surface area contributed by atoms with Crippen LogP contribution in [0.3, 0.4) is 0 Å². The molecule has 1 unspecified atom stereocenters. The van der Waals surface area contributed by atoms with E-state index in [2.05, 4.69) is 22.5 Å². The Morgan fingerprint density at radius 2 is 2.62 bits per heavy atom. The highest BCUT2D eigenvalue weighted by molar-refractivity contribution is 5.16. The summed E-state index contributed by atoms with van der Waals surface area (Å²) in [5, 5.41) is 3.27. The van der Waals surface area contributed by atoms with Crippen LogP contribution in [0.25, 0.3) is 0 Å². The van der Waals surface area contributed by atoms with E-state index in [1.807, 2.05) is 12.1 Å². The first-order valence-electron chi connectivity index (χ1n) is 4.38. The molecule has 1 aromatic rings. The van der Waals surface area contributed by atoms with E-state index in [9.17, 15) is 0 Å². The lowest BCUT2D eigenvalue weighted by atomic mass is 10.3. The summed E-state index contributed by atoms with van der Waals surface area (Å²) in [5.74, 6) is 0.824. The summed E-state index contributed by atoms with van der Waals surface area (Å²) in [6.07, 6.45) is 7.69. The van der Waals surface area contributed by atoms with Crippen LogP contribution in [0, 0.1) is 0 Å². The second-order valence-corrected chi connectivity index (χ2v) is 2.94. The smallest absolute Gasteiger partial charge is 0.137 e. The fourth-order valence-corrected chi connectivity index (χ4v) is 1.25. The molecule has 3 heteroatoms. The quantitative estimate of drug-likeness (QED) is 0.697. The molecule has 1 aliphatic rings. The summed E-state index contributed by atoms with van der Waals surface area (Å²) in [6.45, 7) is 1.61. The van der Waals surface area contributed by atoms with E-state index in [4.69, 9.17) is 4.74 Å². The van der Waals surface area contributed by atoms with Crippen molar-refractivity contribution < 1.29 is 4.74 Å². The molecule has 13 heavy (non-hydrogen) atoms. The van der Waals surface area contributed by atoms with Gasteiger partial charge in [0.1, 0.15) is 12.4 Å². The Kier molecular flexibility index (Phi) is 2.57. The summed E-state index contributed by atoms with van der Waals surface area (Å²) < 4.78 is 5.51. The first-order valence-corrected chi connectivity index (χ1v) is 4.38. The minimum Gasteiger partial charge on any atom is -0.490 e. The monoisotopic (exact) mass is 176 g/mol. The molecule has 0 radical (unpaired) electrons. The predicted octanol–water partition coefficient (Wildman–Crippen LogP) is 0.988. The molecule has 2 heterocycles. The highest BCUT2D eigenvalue weighted by atomic mass is 16.5. The van der Waals surface area contributed by atoms with Crippen molar-refractivity contribution in [2.24, 2.45) is 0 Å². The third-order valence-corrected chi connectivity index (χ3v) is 1.93. The molecule has 0 bridgehead atoms. The highest BCUT2D eigenvalue weighted by Crippen LogP contribution is 2.07. The standard InChI is InChI=1S/C10H12N2O/c1-3-9(12-6-1)8-13-10-4-2-5-11-7-10/h1-5,7,9,12H,6,8H2. The van der Waals surface area contributed by atoms with Crippen molar-refractivity contribution in [3.05, 3.63) is 36.7 Å². The van der Waals surface area contributed by atoms with Gasteiger partial charge in [0.25, 0.3) is 0 Å². The van der Waals surface area contributed by atoms with Crippen LogP contribution >= 0.6 is 0 Å². The van der Waals surface area contributed by atoms with Crippen LogP contribution in [-0.2, 0) is 0 Å². The molecular weight excluding hydrogens is 164 g/mol. The lowest BCUT2D eigenvalue weighted by Crippen LogP contribution is -2.28. The summed E-state index contributed by atoms with van der Waals surface area (Å²) in [7, 11) is 0. The molecule has 0 amide bonds. The van der Waals surface area contributed by atoms with E-state index >= 15 is 0 Å². The van der Waals surface area contributed by atoms with Gasteiger partial charge in [-0.3, -0.25) is 4.98 Å². The Hall–Kier alpha value is -1.35. The number of nitrogens with zero attached hydrogens (tertiary/aromatic N) is 1. The van der Waals surface area contributed by atoms with Crippen LogP contribution in [0.2, 0.25) is 0 Å². The van der Waals surface area contributed by atoms with Crippen molar-refractivity contribution in [1.29, 1.82) is 0 Å². The average molecular weight is 176 g/mol. The van der Waals surface area contributed by atoms with Gasteiger partial charge in [-0.05, 0) is 12.1 Å². The van der Waals surface area contributed by atoms with E-state index < -0.39 is 0 Å². The second-order valence-electron chi connectivity index (χ2n) is 2.94. The molecule has 1 atom stereocenters. The maximum Gasteiger partial charge on any atom is 0.137 e. The van der Waals surface area contributed by atoms with Crippen LogP contribution in [0.15, 0.2) is 36.7 Å². The maximum absolute atomic E-state index is 5.51. The van der Waals surface area contributed by atoms with Crippen LogP contribution in [0.1, 0.15) is 0 Å². The number of pyridine rings is 1. The van der Waals surface area contributed by atoms with Gasteiger partial charge in [0, 0.05) is 12.7 Å². The number of rotatable bonds is 3. The largest absolute Gasteiger partial charge is 0.490 e. The van der Waals surface area contributed by atoms with Crippen LogP contribution in [0.5, 0.6) is 5.75 Å². The fourth-order valence-electron chi connectivity index (χ4n) is 1.25. The Labute approximate surface area is 77.4 Å². The first kappa shape index (κ1) is 8.26. The number of nitrogens with one attached hydrogen (secondary N) is 1. The summed E-state index contributed by atoms with van der Waals surface area (Å²) >= 11 is 0. The Morgan fingerprint density at radius 3 is 3.31 bits per heavy atom. The zero-order valence-corrected chi connectivity index (χ0v) is 7.31. The fraction of sp³-hybridized carbons (Fsp3) is 0.300. The van der Waals surface area contributed by atoms with E-state index in [1.54, 1.807) is 12.4 Å². The Morgan fingerprint density at radius 1 is 1.62 bits per heavy atom. The molecule has 3 nitrogen and oxygen atoms in total. The number of ether oxygens (including phenoxy) is 1. The van der Waals surface area contributed by atoms with Crippen molar-refractivity contribution in [2.45, 2.75) is 6.04 Å². The molecule has 2 rings (SSSR count). The lowest BCUT2D eigenvalue weighted by Gasteiger charge is -2.10. The van der Waals surface area contributed by atoms with Gasteiger partial charge in [-0.25, -0.2) is 0 Å². The molecule has 0 aliphatic carbocycles. The number of hydrogen-bond acceptors (Lipinski definition) is 3. The number of hydrogen-bond donors (Lipinski definition) is 1. The Bertz CT molecular complexity index is 284. The third kappa shape index (κ3) is 2.29. The van der Waals surface area contributed by atoms with Crippen LogP contribution in [0.4, 0.5) is 0 Å². The van der Waals surface area contributed by atoms with E-state index in [1.165, 1.54) is 0 Å². The van der Waals surface area contributed by atoms with Gasteiger partial charge < -0.3 is 10.1 Å².